The van der Waals surface area contributed by atoms with Gasteiger partial charge in [-0.05, 0) is 5.92 Å². The van der Waals surface area contributed by atoms with Gasteiger partial charge in [0.15, 0.2) is 11.5 Å². The minimum atomic E-state index is -0.671. The van der Waals surface area contributed by atoms with Crippen LogP contribution in [0.4, 0.5) is 5.69 Å². The van der Waals surface area contributed by atoms with E-state index in [0.29, 0.717) is 19.1 Å². The molecule has 1 heterocycles. The van der Waals surface area contributed by atoms with E-state index in [4.69, 9.17) is 20.4 Å². The molecular weight excluding hydrogens is 280 g/mol. The molecule has 0 spiro atoms. The zero-order valence-corrected chi connectivity index (χ0v) is 11.9. The highest BCUT2D eigenvalue weighted by Crippen LogP contribution is 2.20. The highest BCUT2D eigenvalue weighted by molar-refractivity contribution is 5.98. The maximum absolute atomic E-state index is 10.8. The van der Waals surface area contributed by atoms with Gasteiger partial charge in [0.2, 0.25) is 5.88 Å². The SMILES string of the molecule is CC(C)COCCOc1ccc([N+](=O)[O-])c(/C(N)=N/O)n1. The average molecular weight is 298 g/mol. The second kappa shape index (κ2) is 8.00. The summed E-state index contributed by atoms with van der Waals surface area (Å²) in [6.45, 7) is 5.29. The van der Waals surface area contributed by atoms with Gasteiger partial charge in [-0.25, -0.2) is 4.98 Å². The van der Waals surface area contributed by atoms with Gasteiger partial charge in [0, 0.05) is 18.7 Å². The number of amidine groups is 1. The van der Waals surface area contributed by atoms with E-state index in [1.807, 2.05) is 13.8 Å². The lowest BCUT2D eigenvalue weighted by molar-refractivity contribution is -0.385. The summed E-state index contributed by atoms with van der Waals surface area (Å²) in [7, 11) is 0. The Kier molecular flexibility index (Phi) is 6.34. The summed E-state index contributed by atoms with van der Waals surface area (Å²) in [5.41, 5.74) is 4.75. The zero-order valence-electron chi connectivity index (χ0n) is 11.9. The Morgan fingerprint density at radius 2 is 2.24 bits per heavy atom. The fraction of sp³-hybridized carbons (Fsp3) is 0.500. The number of rotatable bonds is 8. The quantitative estimate of drug-likeness (QED) is 0.183. The van der Waals surface area contributed by atoms with Gasteiger partial charge in [-0.3, -0.25) is 10.1 Å². The van der Waals surface area contributed by atoms with Crippen molar-refractivity contribution in [1.29, 1.82) is 0 Å². The lowest BCUT2D eigenvalue weighted by atomic mass is 10.2. The van der Waals surface area contributed by atoms with Gasteiger partial charge in [0.1, 0.15) is 6.61 Å². The van der Waals surface area contributed by atoms with E-state index < -0.39 is 10.8 Å². The minimum Gasteiger partial charge on any atom is -0.475 e. The molecule has 3 N–H and O–H groups in total. The van der Waals surface area contributed by atoms with Crippen LogP contribution in [-0.2, 0) is 4.74 Å². The van der Waals surface area contributed by atoms with E-state index in [-0.39, 0.29) is 23.9 Å². The van der Waals surface area contributed by atoms with Crippen molar-refractivity contribution in [3.05, 3.63) is 27.9 Å². The van der Waals surface area contributed by atoms with E-state index in [1.54, 1.807) is 0 Å². The third-order valence-corrected chi connectivity index (χ3v) is 2.32. The predicted octanol–water partition coefficient (Wildman–Crippen LogP) is 1.14. The number of hydrogen-bond donors (Lipinski definition) is 2. The fourth-order valence-electron chi connectivity index (χ4n) is 1.42. The molecule has 9 heteroatoms. The first-order valence-electron chi connectivity index (χ1n) is 6.29. The van der Waals surface area contributed by atoms with Crippen LogP contribution >= 0.6 is 0 Å². The van der Waals surface area contributed by atoms with Crippen LogP contribution in [0.5, 0.6) is 5.88 Å². The van der Waals surface area contributed by atoms with Crippen LogP contribution in [0.1, 0.15) is 19.5 Å². The summed E-state index contributed by atoms with van der Waals surface area (Å²) in [5, 5.41) is 22.2. The minimum absolute atomic E-state index is 0.135. The fourth-order valence-corrected chi connectivity index (χ4v) is 1.42. The maximum atomic E-state index is 10.8. The van der Waals surface area contributed by atoms with E-state index in [2.05, 4.69) is 10.1 Å². The molecule has 0 saturated heterocycles. The molecule has 0 aromatic carbocycles. The van der Waals surface area contributed by atoms with Gasteiger partial charge < -0.3 is 20.4 Å². The van der Waals surface area contributed by atoms with Crippen molar-refractivity contribution < 1.29 is 19.6 Å². The Balaban J connectivity index is 2.70. The number of nitrogens with zero attached hydrogens (tertiary/aromatic N) is 3. The Morgan fingerprint density at radius 3 is 2.81 bits per heavy atom. The Bertz CT molecular complexity index is 518. The number of nitrogens with two attached hydrogens (primary N) is 1. The number of aromatic nitrogens is 1. The molecule has 1 aromatic heterocycles. The molecule has 0 aliphatic heterocycles. The van der Waals surface area contributed by atoms with Crippen LogP contribution in [-0.4, -0.2) is 40.8 Å². The first kappa shape index (κ1) is 16.6. The number of ether oxygens (including phenoxy) is 2. The smallest absolute Gasteiger partial charge is 0.299 e. The lowest BCUT2D eigenvalue weighted by Crippen LogP contribution is -2.18. The van der Waals surface area contributed by atoms with Crippen molar-refractivity contribution >= 4 is 11.5 Å². The first-order valence-corrected chi connectivity index (χ1v) is 6.29. The van der Waals surface area contributed by atoms with Crippen molar-refractivity contribution in [1.82, 2.24) is 4.98 Å². The summed E-state index contributed by atoms with van der Waals surface area (Å²) >= 11 is 0. The molecule has 0 aliphatic rings. The normalized spacial score (nSPS) is 11.7. The molecule has 9 nitrogen and oxygen atoms in total. The van der Waals surface area contributed by atoms with Crippen molar-refractivity contribution in [2.24, 2.45) is 16.8 Å². The molecule has 116 valence electrons. The second-order valence-electron chi connectivity index (χ2n) is 4.58. The Morgan fingerprint density at radius 1 is 1.52 bits per heavy atom. The molecule has 0 saturated carbocycles. The van der Waals surface area contributed by atoms with Gasteiger partial charge in [0.25, 0.3) is 5.69 Å². The molecule has 0 bridgehead atoms. The Labute approximate surface area is 121 Å². The molecule has 1 aromatic rings. The van der Waals surface area contributed by atoms with Crippen LogP contribution < -0.4 is 10.5 Å². The molecular formula is C12H18N4O5. The molecule has 0 fully saturated rings. The monoisotopic (exact) mass is 298 g/mol. The lowest BCUT2D eigenvalue weighted by Gasteiger charge is -2.09. The molecule has 1 rings (SSSR count). The van der Waals surface area contributed by atoms with Crippen molar-refractivity contribution in [3.8, 4) is 5.88 Å². The van der Waals surface area contributed by atoms with E-state index >= 15 is 0 Å². The molecule has 0 radical (unpaired) electrons. The molecule has 0 aliphatic carbocycles. The van der Waals surface area contributed by atoms with E-state index in [0.717, 1.165) is 0 Å². The van der Waals surface area contributed by atoms with E-state index in [1.165, 1.54) is 12.1 Å². The summed E-state index contributed by atoms with van der Waals surface area (Å²) in [5.74, 6) is 0.105. The van der Waals surface area contributed by atoms with Crippen molar-refractivity contribution in [3.63, 3.8) is 0 Å². The summed E-state index contributed by atoms with van der Waals surface area (Å²) in [4.78, 5) is 14.0. The number of hydrogen-bond acceptors (Lipinski definition) is 7. The summed E-state index contributed by atoms with van der Waals surface area (Å²) in [6, 6.07) is 2.53. The molecule has 0 unspecified atom stereocenters. The predicted molar refractivity (Wildman–Crippen MR) is 74.6 cm³/mol. The number of oxime groups is 1. The molecule has 21 heavy (non-hydrogen) atoms. The molecule has 0 amide bonds. The largest absolute Gasteiger partial charge is 0.475 e. The van der Waals surface area contributed by atoms with Gasteiger partial charge >= 0.3 is 0 Å². The highest BCUT2D eigenvalue weighted by atomic mass is 16.6. The van der Waals surface area contributed by atoms with Crippen molar-refractivity contribution in [2.45, 2.75) is 13.8 Å². The second-order valence-corrected chi connectivity index (χ2v) is 4.58. The summed E-state index contributed by atoms with van der Waals surface area (Å²) in [6.07, 6.45) is 0. The summed E-state index contributed by atoms with van der Waals surface area (Å²) < 4.78 is 10.6. The van der Waals surface area contributed by atoms with Gasteiger partial charge in [-0.2, -0.15) is 0 Å². The average Bonchev–Trinajstić information content (AvgIpc) is 2.45. The third kappa shape index (κ3) is 5.22. The van der Waals surface area contributed by atoms with Crippen LogP contribution in [0.3, 0.4) is 0 Å². The van der Waals surface area contributed by atoms with Crippen LogP contribution in [0, 0.1) is 16.0 Å². The number of nitro groups is 1. The van der Waals surface area contributed by atoms with Gasteiger partial charge in [-0.1, -0.05) is 19.0 Å². The third-order valence-electron chi connectivity index (χ3n) is 2.32. The van der Waals surface area contributed by atoms with Crippen molar-refractivity contribution in [2.75, 3.05) is 19.8 Å². The van der Waals surface area contributed by atoms with Crippen LogP contribution in [0.25, 0.3) is 0 Å². The number of pyridine rings is 1. The highest BCUT2D eigenvalue weighted by Gasteiger charge is 2.20. The standard InChI is InChI=1S/C12H18N4O5/c1-8(2)7-20-5-6-21-10-4-3-9(16(18)19)11(14-10)12(13)15-17/h3-4,8,17H,5-7H2,1-2H3,(H2,13,15). The van der Waals surface area contributed by atoms with Crippen LogP contribution in [0.15, 0.2) is 17.3 Å². The topological polar surface area (TPSA) is 133 Å². The maximum Gasteiger partial charge on any atom is 0.299 e. The zero-order chi connectivity index (χ0) is 15.8. The van der Waals surface area contributed by atoms with Gasteiger partial charge in [0.05, 0.1) is 11.5 Å². The van der Waals surface area contributed by atoms with E-state index in [9.17, 15) is 10.1 Å². The Hall–Kier alpha value is -2.42. The van der Waals surface area contributed by atoms with Gasteiger partial charge in [-0.15, -0.1) is 0 Å². The van der Waals surface area contributed by atoms with Crippen LogP contribution in [0.2, 0.25) is 0 Å². The first-order chi connectivity index (χ1) is 9.95. The molecule has 0 atom stereocenters.